The molecule has 1 saturated heterocycles. The molecule has 26 heavy (non-hydrogen) atoms. The summed E-state index contributed by atoms with van der Waals surface area (Å²) in [7, 11) is 0. The maximum atomic E-state index is 13.1. The van der Waals surface area contributed by atoms with E-state index >= 15 is 0 Å². The standard InChI is InChI=1S/C18H17ClF3NO3/c1-10-13(17(24)25)8-16(23(10)9-12-3-2-6-26-12)14-7-11(18(20,21)22)4-5-15(14)19/h4-5,7-8,12H,2-3,6,9H2,1H3,(H,24,25)/t12-/m1/s1. The molecule has 0 unspecified atom stereocenters. The van der Waals surface area contributed by atoms with Crippen LogP contribution >= 0.6 is 11.6 Å². The molecule has 0 aliphatic carbocycles. The Morgan fingerprint density at radius 3 is 2.69 bits per heavy atom. The van der Waals surface area contributed by atoms with Crippen molar-refractivity contribution < 1.29 is 27.8 Å². The number of nitrogens with zero attached hydrogens (tertiary/aromatic N) is 1. The molecule has 0 spiro atoms. The van der Waals surface area contributed by atoms with E-state index in [1.54, 1.807) is 11.5 Å². The molecule has 2 aromatic rings. The van der Waals surface area contributed by atoms with E-state index in [4.69, 9.17) is 16.3 Å². The van der Waals surface area contributed by atoms with Gasteiger partial charge in [-0.05, 0) is 44.0 Å². The van der Waals surface area contributed by atoms with Gasteiger partial charge in [-0.15, -0.1) is 0 Å². The molecular formula is C18H17ClF3NO3. The van der Waals surface area contributed by atoms with Gasteiger partial charge in [0.1, 0.15) is 0 Å². The van der Waals surface area contributed by atoms with E-state index in [9.17, 15) is 23.1 Å². The second-order valence-electron chi connectivity index (χ2n) is 6.27. The number of aromatic nitrogens is 1. The Morgan fingerprint density at radius 1 is 1.38 bits per heavy atom. The molecule has 1 aliphatic rings. The minimum absolute atomic E-state index is 0.0338. The third-order valence-electron chi connectivity index (χ3n) is 4.58. The lowest BCUT2D eigenvalue weighted by atomic mass is 10.1. The van der Waals surface area contributed by atoms with E-state index < -0.39 is 17.7 Å². The molecule has 140 valence electrons. The summed E-state index contributed by atoms with van der Waals surface area (Å²) in [6.07, 6.45) is -2.91. The van der Waals surface area contributed by atoms with Gasteiger partial charge in [0.15, 0.2) is 0 Å². The summed E-state index contributed by atoms with van der Waals surface area (Å²) in [6, 6.07) is 4.41. The highest BCUT2D eigenvalue weighted by Gasteiger charge is 2.32. The Kier molecular flexibility index (Phi) is 5.03. The van der Waals surface area contributed by atoms with E-state index in [0.717, 1.165) is 25.0 Å². The van der Waals surface area contributed by atoms with Crippen LogP contribution in [0.15, 0.2) is 24.3 Å². The normalized spacial score (nSPS) is 17.7. The molecule has 2 heterocycles. The van der Waals surface area contributed by atoms with Gasteiger partial charge in [0.25, 0.3) is 0 Å². The third-order valence-corrected chi connectivity index (χ3v) is 4.91. The van der Waals surface area contributed by atoms with Crippen LogP contribution in [0.1, 0.15) is 34.5 Å². The van der Waals surface area contributed by atoms with Gasteiger partial charge in [-0.1, -0.05) is 11.6 Å². The Bertz CT molecular complexity index is 839. The minimum atomic E-state index is -4.52. The number of carbonyl (C=O) groups is 1. The molecule has 0 radical (unpaired) electrons. The molecule has 1 aromatic carbocycles. The summed E-state index contributed by atoms with van der Waals surface area (Å²) in [5.74, 6) is -1.14. The first-order valence-corrected chi connectivity index (χ1v) is 8.48. The highest BCUT2D eigenvalue weighted by atomic mass is 35.5. The number of ether oxygens (including phenoxy) is 1. The summed E-state index contributed by atoms with van der Waals surface area (Å²) < 4.78 is 46.6. The van der Waals surface area contributed by atoms with Crippen molar-refractivity contribution in [3.63, 3.8) is 0 Å². The molecule has 3 rings (SSSR count). The Balaban J connectivity index is 2.14. The number of hydrogen-bond donors (Lipinski definition) is 1. The van der Waals surface area contributed by atoms with Crippen molar-refractivity contribution in [3.05, 3.63) is 46.1 Å². The van der Waals surface area contributed by atoms with E-state index in [0.29, 0.717) is 24.5 Å². The zero-order valence-corrected chi connectivity index (χ0v) is 14.7. The lowest BCUT2D eigenvalue weighted by Gasteiger charge is -2.18. The molecule has 1 aliphatic heterocycles. The van der Waals surface area contributed by atoms with Gasteiger partial charge in [-0.2, -0.15) is 13.2 Å². The summed E-state index contributed by atoms with van der Waals surface area (Å²) >= 11 is 6.15. The van der Waals surface area contributed by atoms with Crippen molar-refractivity contribution in [3.8, 4) is 11.3 Å². The smallest absolute Gasteiger partial charge is 0.416 e. The fraction of sp³-hybridized carbons (Fsp3) is 0.389. The van der Waals surface area contributed by atoms with Gasteiger partial charge in [-0.25, -0.2) is 4.79 Å². The SMILES string of the molecule is Cc1c(C(=O)O)cc(-c2cc(C(F)(F)F)ccc2Cl)n1C[C@H]1CCCO1. The number of hydrogen-bond acceptors (Lipinski definition) is 2. The number of alkyl halides is 3. The quantitative estimate of drug-likeness (QED) is 0.802. The third kappa shape index (κ3) is 3.59. The van der Waals surface area contributed by atoms with Crippen LogP contribution in [0.4, 0.5) is 13.2 Å². The number of carboxylic acids is 1. The summed E-state index contributed by atoms with van der Waals surface area (Å²) in [5, 5.41) is 9.53. The summed E-state index contributed by atoms with van der Waals surface area (Å²) in [5.41, 5.74) is 0.140. The van der Waals surface area contributed by atoms with Gasteiger partial charge in [0.05, 0.1) is 22.9 Å². The number of benzene rings is 1. The number of carboxylic acid groups (broad SMARTS) is 1. The Labute approximate surface area is 153 Å². The first kappa shape index (κ1) is 18.8. The first-order chi connectivity index (χ1) is 12.2. The van der Waals surface area contributed by atoms with Crippen molar-refractivity contribution in [2.24, 2.45) is 0 Å². The molecular weight excluding hydrogens is 371 g/mol. The van der Waals surface area contributed by atoms with Crippen molar-refractivity contribution in [2.45, 2.75) is 38.6 Å². The van der Waals surface area contributed by atoms with Gasteiger partial charge in [-0.3, -0.25) is 0 Å². The fourth-order valence-electron chi connectivity index (χ4n) is 3.21. The average Bonchev–Trinajstić information content (AvgIpc) is 3.16. The molecule has 0 amide bonds. The predicted octanol–water partition coefficient (Wildman–Crippen LogP) is 5.01. The molecule has 1 aromatic heterocycles. The van der Waals surface area contributed by atoms with Gasteiger partial charge in [0, 0.05) is 29.4 Å². The summed E-state index contributed by atoms with van der Waals surface area (Å²) in [4.78, 5) is 11.5. The van der Waals surface area contributed by atoms with Crippen LogP contribution in [0.25, 0.3) is 11.3 Å². The lowest BCUT2D eigenvalue weighted by molar-refractivity contribution is -0.137. The average molecular weight is 388 g/mol. The van der Waals surface area contributed by atoms with Crippen molar-refractivity contribution in [2.75, 3.05) is 6.61 Å². The Morgan fingerprint density at radius 2 is 2.12 bits per heavy atom. The van der Waals surface area contributed by atoms with Crippen LogP contribution in [0, 0.1) is 6.92 Å². The highest BCUT2D eigenvalue weighted by Crippen LogP contribution is 2.37. The second kappa shape index (κ2) is 6.96. The molecule has 0 saturated carbocycles. The van der Waals surface area contributed by atoms with Crippen LogP contribution < -0.4 is 0 Å². The van der Waals surface area contributed by atoms with Crippen molar-refractivity contribution in [1.29, 1.82) is 0 Å². The molecule has 4 nitrogen and oxygen atoms in total. The minimum Gasteiger partial charge on any atom is -0.478 e. The largest absolute Gasteiger partial charge is 0.478 e. The van der Waals surface area contributed by atoms with E-state index in [-0.39, 0.29) is 22.3 Å². The highest BCUT2D eigenvalue weighted by molar-refractivity contribution is 6.33. The van der Waals surface area contributed by atoms with Crippen molar-refractivity contribution in [1.82, 2.24) is 4.57 Å². The van der Waals surface area contributed by atoms with E-state index in [1.807, 2.05) is 0 Å². The van der Waals surface area contributed by atoms with Crippen LogP contribution in [0.2, 0.25) is 5.02 Å². The van der Waals surface area contributed by atoms with E-state index in [1.165, 1.54) is 12.1 Å². The predicted molar refractivity (Wildman–Crippen MR) is 90.6 cm³/mol. The molecule has 1 atom stereocenters. The van der Waals surface area contributed by atoms with Gasteiger partial charge in [0.2, 0.25) is 0 Å². The second-order valence-corrected chi connectivity index (χ2v) is 6.68. The molecule has 0 bridgehead atoms. The number of aromatic carboxylic acids is 1. The van der Waals surface area contributed by atoms with Gasteiger partial charge >= 0.3 is 12.1 Å². The van der Waals surface area contributed by atoms with Crippen LogP contribution in [-0.2, 0) is 17.5 Å². The topological polar surface area (TPSA) is 51.5 Å². The van der Waals surface area contributed by atoms with Crippen LogP contribution in [-0.4, -0.2) is 28.4 Å². The molecule has 8 heteroatoms. The fourth-order valence-corrected chi connectivity index (χ4v) is 3.42. The number of halogens is 4. The lowest BCUT2D eigenvalue weighted by Crippen LogP contribution is -2.17. The van der Waals surface area contributed by atoms with Crippen LogP contribution in [0.3, 0.4) is 0 Å². The zero-order valence-electron chi connectivity index (χ0n) is 13.9. The van der Waals surface area contributed by atoms with Gasteiger partial charge < -0.3 is 14.4 Å². The maximum absolute atomic E-state index is 13.1. The Hall–Kier alpha value is -1.99. The number of rotatable bonds is 4. The first-order valence-electron chi connectivity index (χ1n) is 8.10. The van der Waals surface area contributed by atoms with Crippen LogP contribution in [0.5, 0.6) is 0 Å². The van der Waals surface area contributed by atoms with E-state index in [2.05, 4.69) is 0 Å². The molecule has 1 N–H and O–H groups in total. The zero-order chi connectivity index (χ0) is 19.1. The monoisotopic (exact) mass is 387 g/mol. The maximum Gasteiger partial charge on any atom is 0.416 e. The van der Waals surface area contributed by atoms with Crippen molar-refractivity contribution >= 4 is 17.6 Å². The summed E-state index contributed by atoms with van der Waals surface area (Å²) in [6.45, 7) is 2.61. The molecule has 1 fully saturated rings.